The topological polar surface area (TPSA) is 55.3 Å². The zero-order valence-corrected chi connectivity index (χ0v) is 13.6. The van der Waals surface area contributed by atoms with Crippen molar-refractivity contribution in [3.05, 3.63) is 48.4 Å². The maximum atomic E-state index is 12.1. The number of likely N-dealkylation sites (tertiary alicyclic amines) is 1. The van der Waals surface area contributed by atoms with E-state index < -0.39 is 0 Å². The maximum absolute atomic E-state index is 12.1. The van der Waals surface area contributed by atoms with Crippen LogP contribution in [0.4, 0.5) is 0 Å². The first-order chi connectivity index (χ1) is 11.8. The van der Waals surface area contributed by atoms with Gasteiger partial charge in [0.2, 0.25) is 11.8 Å². The van der Waals surface area contributed by atoms with Gasteiger partial charge in [-0.25, -0.2) is 4.98 Å². The molecule has 4 rings (SSSR count). The number of para-hydroxylation sites is 1. The number of piperidine rings is 1. The summed E-state index contributed by atoms with van der Waals surface area (Å²) in [6, 6.07) is 9.61. The fourth-order valence-corrected chi connectivity index (χ4v) is 3.20. The Morgan fingerprint density at radius 3 is 2.50 bits per heavy atom. The Morgan fingerprint density at radius 2 is 1.79 bits per heavy atom. The van der Waals surface area contributed by atoms with E-state index in [-0.39, 0.29) is 0 Å². The molecule has 0 unspecified atom stereocenters. The number of amides is 1. The Labute approximate surface area is 141 Å². The SMILES string of the molecule is O=C(C1CC1)N1CCC(c2cncc(Oc3ccccc3)n2)CC1. The Morgan fingerprint density at radius 1 is 1.04 bits per heavy atom. The zero-order chi connectivity index (χ0) is 16.4. The highest BCUT2D eigenvalue weighted by atomic mass is 16.5. The number of carbonyl (C=O) groups is 1. The number of carbonyl (C=O) groups excluding carboxylic acids is 1. The van der Waals surface area contributed by atoms with Gasteiger partial charge in [-0.2, -0.15) is 0 Å². The number of rotatable bonds is 4. The van der Waals surface area contributed by atoms with Crippen molar-refractivity contribution in [3.63, 3.8) is 0 Å². The first-order valence-corrected chi connectivity index (χ1v) is 8.63. The van der Waals surface area contributed by atoms with Gasteiger partial charge in [0.1, 0.15) is 5.75 Å². The normalized spacial score (nSPS) is 18.4. The molecule has 0 spiro atoms. The van der Waals surface area contributed by atoms with E-state index >= 15 is 0 Å². The molecule has 24 heavy (non-hydrogen) atoms. The van der Waals surface area contributed by atoms with Crippen LogP contribution in [0, 0.1) is 5.92 Å². The Bertz CT molecular complexity index is 708. The number of hydrogen-bond acceptors (Lipinski definition) is 4. The number of hydrogen-bond donors (Lipinski definition) is 0. The van der Waals surface area contributed by atoms with Crippen molar-refractivity contribution in [2.75, 3.05) is 13.1 Å². The highest BCUT2D eigenvalue weighted by Gasteiger charge is 2.35. The average molecular weight is 323 g/mol. The van der Waals surface area contributed by atoms with Gasteiger partial charge in [0.25, 0.3) is 0 Å². The van der Waals surface area contributed by atoms with Gasteiger partial charge in [-0.05, 0) is 37.8 Å². The summed E-state index contributed by atoms with van der Waals surface area (Å²) in [5.41, 5.74) is 0.960. The van der Waals surface area contributed by atoms with E-state index in [9.17, 15) is 4.79 Å². The summed E-state index contributed by atoms with van der Waals surface area (Å²) >= 11 is 0. The molecule has 2 aromatic rings. The van der Waals surface area contributed by atoms with Gasteiger partial charge in [-0.3, -0.25) is 9.78 Å². The Kier molecular flexibility index (Phi) is 4.15. The molecule has 0 N–H and O–H groups in total. The fraction of sp³-hybridized carbons (Fsp3) is 0.421. The summed E-state index contributed by atoms with van der Waals surface area (Å²) in [6.45, 7) is 1.65. The molecule has 1 amide bonds. The van der Waals surface area contributed by atoms with Crippen LogP contribution < -0.4 is 4.74 Å². The van der Waals surface area contributed by atoms with Gasteiger partial charge in [0.15, 0.2) is 0 Å². The molecule has 1 aliphatic heterocycles. The molecule has 0 radical (unpaired) electrons. The summed E-state index contributed by atoms with van der Waals surface area (Å²) in [5, 5.41) is 0. The molecule has 1 saturated carbocycles. The monoisotopic (exact) mass is 323 g/mol. The summed E-state index contributed by atoms with van der Waals surface area (Å²) in [5.74, 6) is 2.29. The quantitative estimate of drug-likeness (QED) is 0.865. The maximum Gasteiger partial charge on any atom is 0.238 e. The predicted molar refractivity (Wildman–Crippen MR) is 89.8 cm³/mol. The summed E-state index contributed by atoms with van der Waals surface area (Å²) in [6.07, 6.45) is 7.50. The molecule has 124 valence electrons. The van der Waals surface area contributed by atoms with Crippen molar-refractivity contribution >= 4 is 5.91 Å². The minimum atomic E-state index is 0.309. The molecule has 5 heteroatoms. The first kappa shape index (κ1) is 15.1. The van der Waals surface area contributed by atoms with Gasteiger partial charge in [0, 0.05) is 31.1 Å². The number of aromatic nitrogens is 2. The van der Waals surface area contributed by atoms with Gasteiger partial charge in [0.05, 0.1) is 11.9 Å². The fourth-order valence-electron chi connectivity index (χ4n) is 3.20. The minimum absolute atomic E-state index is 0.309. The molecule has 2 aliphatic rings. The molecule has 1 saturated heterocycles. The largest absolute Gasteiger partial charge is 0.437 e. The third-order valence-corrected chi connectivity index (χ3v) is 4.75. The van der Waals surface area contributed by atoms with Crippen LogP contribution in [0.15, 0.2) is 42.7 Å². The summed E-state index contributed by atoms with van der Waals surface area (Å²) < 4.78 is 5.77. The van der Waals surface area contributed by atoms with Crippen LogP contribution in [-0.4, -0.2) is 33.9 Å². The third-order valence-electron chi connectivity index (χ3n) is 4.75. The van der Waals surface area contributed by atoms with Crippen LogP contribution in [0.3, 0.4) is 0 Å². The first-order valence-electron chi connectivity index (χ1n) is 8.63. The second kappa shape index (κ2) is 6.59. The van der Waals surface area contributed by atoms with Crippen LogP contribution in [0.5, 0.6) is 11.6 Å². The minimum Gasteiger partial charge on any atom is -0.437 e. The summed E-state index contributed by atoms with van der Waals surface area (Å²) in [7, 11) is 0. The lowest BCUT2D eigenvalue weighted by atomic mass is 9.93. The van der Waals surface area contributed by atoms with Gasteiger partial charge >= 0.3 is 0 Å². The van der Waals surface area contributed by atoms with E-state index in [1.807, 2.05) is 41.4 Å². The van der Waals surface area contributed by atoms with Gasteiger partial charge in [-0.1, -0.05) is 18.2 Å². The second-order valence-electron chi connectivity index (χ2n) is 6.57. The molecular formula is C19H21N3O2. The highest BCUT2D eigenvalue weighted by Crippen LogP contribution is 2.34. The molecule has 0 bridgehead atoms. The average Bonchev–Trinajstić information content (AvgIpc) is 3.48. The van der Waals surface area contributed by atoms with Crippen molar-refractivity contribution in [1.29, 1.82) is 0 Å². The number of ether oxygens (including phenoxy) is 1. The molecule has 2 heterocycles. The Balaban J connectivity index is 1.40. The van der Waals surface area contributed by atoms with Crippen LogP contribution in [0.25, 0.3) is 0 Å². The highest BCUT2D eigenvalue weighted by molar-refractivity contribution is 5.81. The van der Waals surface area contributed by atoms with E-state index in [0.29, 0.717) is 23.6 Å². The molecule has 1 aromatic heterocycles. The van der Waals surface area contributed by atoms with E-state index in [1.54, 1.807) is 6.20 Å². The van der Waals surface area contributed by atoms with Gasteiger partial charge in [-0.15, -0.1) is 0 Å². The molecular weight excluding hydrogens is 302 g/mol. The number of benzene rings is 1. The third kappa shape index (κ3) is 3.40. The molecule has 2 fully saturated rings. The second-order valence-corrected chi connectivity index (χ2v) is 6.57. The van der Waals surface area contributed by atoms with E-state index in [4.69, 9.17) is 4.74 Å². The summed E-state index contributed by atoms with van der Waals surface area (Å²) in [4.78, 5) is 23.1. The molecule has 5 nitrogen and oxygen atoms in total. The lowest BCUT2D eigenvalue weighted by molar-refractivity contribution is -0.133. The van der Waals surface area contributed by atoms with E-state index in [0.717, 1.165) is 50.2 Å². The van der Waals surface area contributed by atoms with Crippen molar-refractivity contribution in [2.24, 2.45) is 5.92 Å². The number of nitrogens with zero attached hydrogens (tertiary/aromatic N) is 3. The van der Waals surface area contributed by atoms with Crippen molar-refractivity contribution < 1.29 is 9.53 Å². The Hall–Kier alpha value is -2.43. The smallest absolute Gasteiger partial charge is 0.238 e. The zero-order valence-electron chi connectivity index (χ0n) is 13.6. The molecule has 1 aliphatic carbocycles. The van der Waals surface area contributed by atoms with Gasteiger partial charge < -0.3 is 9.64 Å². The van der Waals surface area contributed by atoms with E-state index in [1.165, 1.54) is 0 Å². The van der Waals surface area contributed by atoms with Crippen molar-refractivity contribution in [1.82, 2.24) is 14.9 Å². The van der Waals surface area contributed by atoms with Crippen molar-refractivity contribution in [3.8, 4) is 11.6 Å². The van der Waals surface area contributed by atoms with Crippen LogP contribution in [0.2, 0.25) is 0 Å². The lowest BCUT2D eigenvalue weighted by Gasteiger charge is -2.31. The van der Waals surface area contributed by atoms with Crippen molar-refractivity contribution in [2.45, 2.75) is 31.6 Å². The molecule has 1 aromatic carbocycles. The predicted octanol–water partition coefficient (Wildman–Crippen LogP) is 3.38. The van der Waals surface area contributed by atoms with E-state index in [2.05, 4.69) is 9.97 Å². The molecule has 0 atom stereocenters. The standard InChI is InChI=1S/C19H21N3O2/c23-19(15-6-7-15)22-10-8-14(9-11-22)17-12-20-13-18(21-17)24-16-4-2-1-3-5-16/h1-5,12-15H,6-11H2. The lowest BCUT2D eigenvalue weighted by Crippen LogP contribution is -2.38. The van der Waals surface area contributed by atoms with Crippen LogP contribution in [-0.2, 0) is 4.79 Å². The van der Waals surface area contributed by atoms with Crippen LogP contribution >= 0.6 is 0 Å². The van der Waals surface area contributed by atoms with Crippen LogP contribution in [0.1, 0.15) is 37.3 Å².